The molecule has 0 saturated carbocycles. The van der Waals surface area contributed by atoms with Crippen LogP contribution in [0.3, 0.4) is 0 Å². The Balaban J connectivity index is 2.39. The predicted molar refractivity (Wildman–Crippen MR) is 69.4 cm³/mol. The first-order valence-electron chi connectivity index (χ1n) is 6.10. The van der Waals surface area contributed by atoms with Gasteiger partial charge in [-0.25, -0.2) is 0 Å². The van der Waals surface area contributed by atoms with Crippen LogP contribution in [-0.4, -0.2) is 5.97 Å². The Morgan fingerprint density at radius 2 is 1.70 bits per heavy atom. The molecule has 5 heteroatoms. The summed E-state index contributed by atoms with van der Waals surface area (Å²) in [6.07, 6.45) is -4.39. The second-order valence-electron chi connectivity index (χ2n) is 4.80. The smallest absolute Gasteiger partial charge is 0.416 e. The average Bonchev–Trinajstić information content (AvgIpc) is 2.36. The quantitative estimate of drug-likeness (QED) is 0.602. The highest BCUT2D eigenvalue weighted by Crippen LogP contribution is 2.32. The third-order valence-corrected chi connectivity index (χ3v) is 2.83. The zero-order valence-electron chi connectivity index (χ0n) is 11.0. The number of ether oxygens (including phenoxy) is 1. The van der Waals surface area contributed by atoms with Crippen molar-refractivity contribution in [3.63, 3.8) is 0 Å². The minimum atomic E-state index is -4.39. The molecule has 0 saturated heterocycles. The maximum absolute atomic E-state index is 12.6. The number of rotatable bonds is 2. The SMILES string of the molecule is CC(C)C(=O)Oc1ccc2ccc(C(F)(F)F)cc2c1. The van der Waals surface area contributed by atoms with Gasteiger partial charge in [-0.2, -0.15) is 13.2 Å². The maximum Gasteiger partial charge on any atom is 0.416 e. The van der Waals surface area contributed by atoms with Gasteiger partial charge in [0.1, 0.15) is 5.75 Å². The number of carbonyl (C=O) groups is 1. The Bertz CT molecular complexity index is 645. The van der Waals surface area contributed by atoms with Crippen molar-refractivity contribution in [3.8, 4) is 5.75 Å². The van der Waals surface area contributed by atoms with E-state index in [1.807, 2.05) is 0 Å². The molecule has 0 unspecified atom stereocenters. The van der Waals surface area contributed by atoms with Crippen LogP contribution in [0.1, 0.15) is 19.4 Å². The number of hydrogen-bond acceptors (Lipinski definition) is 2. The van der Waals surface area contributed by atoms with Gasteiger partial charge in [-0.15, -0.1) is 0 Å². The molecule has 0 aliphatic heterocycles. The molecule has 20 heavy (non-hydrogen) atoms. The highest BCUT2D eigenvalue weighted by atomic mass is 19.4. The topological polar surface area (TPSA) is 26.3 Å². The molecular formula is C15H13F3O2. The lowest BCUT2D eigenvalue weighted by molar-refractivity contribution is -0.138. The Labute approximate surface area is 114 Å². The normalized spacial score (nSPS) is 11.9. The molecule has 2 nitrogen and oxygen atoms in total. The molecule has 0 aliphatic carbocycles. The fourth-order valence-electron chi connectivity index (χ4n) is 1.70. The van der Waals surface area contributed by atoms with Crippen LogP contribution in [0, 0.1) is 5.92 Å². The largest absolute Gasteiger partial charge is 0.426 e. The molecule has 0 atom stereocenters. The van der Waals surface area contributed by atoms with Crippen molar-refractivity contribution in [1.82, 2.24) is 0 Å². The van der Waals surface area contributed by atoms with E-state index in [2.05, 4.69) is 0 Å². The minimum Gasteiger partial charge on any atom is -0.426 e. The van der Waals surface area contributed by atoms with Gasteiger partial charge in [-0.1, -0.05) is 26.0 Å². The summed E-state index contributed by atoms with van der Waals surface area (Å²) in [5.74, 6) is -0.473. The van der Waals surface area contributed by atoms with Gasteiger partial charge in [0.15, 0.2) is 0 Å². The molecule has 0 fully saturated rings. The van der Waals surface area contributed by atoms with E-state index in [1.54, 1.807) is 26.0 Å². The Kier molecular flexibility index (Phi) is 3.70. The third kappa shape index (κ3) is 3.10. The summed E-state index contributed by atoms with van der Waals surface area (Å²) in [5.41, 5.74) is -0.725. The molecule has 2 rings (SSSR count). The first kappa shape index (κ1) is 14.4. The van der Waals surface area contributed by atoms with Gasteiger partial charge >= 0.3 is 12.1 Å². The molecule has 0 heterocycles. The number of hydrogen-bond donors (Lipinski definition) is 0. The molecule has 0 N–H and O–H groups in total. The number of halogens is 3. The van der Waals surface area contributed by atoms with Crippen LogP contribution in [-0.2, 0) is 11.0 Å². The number of benzene rings is 2. The fourth-order valence-corrected chi connectivity index (χ4v) is 1.70. The van der Waals surface area contributed by atoms with E-state index in [1.165, 1.54) is 12.1 Å². The van der Waals surface area contributed by atoms with Crippen LogP contribution in [0.15, 0.2) is 36.4 Å². The molecule has 2 aromatic rings. The van der Waals surface area contributed by atoms with Gasteiger partial charge in [0.2, 0.25) is 0 Å². The summed E-state index contributed by atoms with van der Waals surface area (Å²) in [7, 11) is 0. The van der Waals surface area contributed by atoms with Crippen molar-refractivity contribution in [1.29, 1.82) is 0 Å². The summed E-state index contributed by atoms with van der Waals surface area (Å²) >= 11 is 0. The minimum absolute atomic E-state index is 0.246. The average molecular weight is 282 g/mol. The second-order valence-corrected chi connectivity index (χ2v) is 4.80. The van der Waals surface area contributed by atoms with Gasteiger partial charge in [-0.3, -0.25) is 4.79 Å². The summed E-state index contributed by atoms with van der Waals surface area (Å²) < 4.78 is 43.0. The highest BCUT2D eigenvalue weighted by Gasteiger charge is 2.30. The van der Waals surface area contributed by atoms with Gasteiger partial charge in [0.05, 0.1) is 11.5 Å². The first-order valence-corrected chi connectivity index (χ1v) is 6.10. The van der Waals surface area contributed by atoms with E-state index in [0.29, 0.717) is 10.8 Å². The van der Waals surface area contributed by atoms with E-state index in [0.717, 1.165) is 12.1 Å². The first-order chi connectivity index (χ1) is 9.27. The van der Waals surface area contributed by atoms with E-state index in [-0.39, 0.29) is 11.7 Å². The van der Waals surface area contributed by atoms with E-state index < -0.39 is 17.7 Å². The molecule has 0 aliphatic rings. The van der Waals surface area contributed by atoms with Gasteiger partial charge < -0.3 is 4.74 Å². The lowest BCUT2D eigenvalue weighted by atomic mass is 10.1. The number of carbonyl (C=O) groups excluding carboxylic acids is 1. The van der Waals surface area contributed by atoms with Gasteiger partial charge in [0.25, 0.3) is 0 Å². The van der Waals surface area contributed by atoms with Crippen molar-refractivity contribution in [2.75, 3.05) is 0 Å². The van der Waals surface area contributed by atoms with Crippen LogP contribution in [0.2, 0.25) is 0 Å². The van der Waals surface area contributed by atoms with Gasteiger partial charge in [-0.05, 0) is 35.0 Å². The van der Waals surface area contributed by atoms with Crippen molar-refractivity contribution >= 4 is 16.7 Å². The lowest BCUT2D eigenvalue weighted by Crippen LogP contribution is -2.14. The Morgan fingerprint density at radius 3 is 2.30 bits per heavy atom. The number of esters is 1. The summed E-state index contributed by atoms with van der Waals surface area (Å²) in [6, 6.07) is 8.09. The molecular weight excluding hydrogens is 269 g/mol. The highest BCUT2D eigenvalue weighted by molar-refractivity contribution is 5.85. The lowest BCUT2D eigenvalue weighted by Gasteiger charge is -2.10. The standard InChI is InChI=1S/C15H13F3O2/c1-9(2)14(19)20-13-6-4-10-3-5-12(15(16,17)18)7-11(10)8-13/h3-9H,1-2H3. The van der Waals surface area contributed by atoms with Crippen LogP contribution in [0.25, 0.3) is 10.8 Å². The zero-order valence-corrected chi connectivity index (χ0v) is 11.0. The molecule has 0 bridgehead atoms. The van der Waals surface area contributed by atoms with Crippen molar-refractivity contribution in [3.05, 3.63) is 42.0 Å². The van der Waals surface area contributed by atoms with Crippen molar-refractivity contribution in [2.45, 2.75) is 20.0 Å². The molecule has 0 amide bonds. The maximum atomic E-state index is 12.6. The van der Waals surface area contributed by atoms with Gasteiger partial charge in [0, 0.05) is 0 Å². The van der Waals surface area contributed by atoms with E-state index >= 15 is 0 Å². The van der Waals surface area contributed by atoms with Crippen LogP contribution >= 0.6 is 0 Å². The molecule has 0 aromatic heterocycles. The Morgan fingerprint density at radius 1 is 1.05 bits per heavy atom. The van der Waals surface area contributed by atoms with Crippen LogP contribution < -0.4 is 4.74 Å². The van der Waals surface area contributed by atoms with E-state index in [9.17, 15) is 18.0 Å². The van der Waals surface area contributed by atoms with Crippen LogP contribution in [0.5, 0.6) is 5.75 Å². The summed E-state index contributed by atoms with van der Waals surface area (Å²) in [5, 5.41) is 1.04. The molecule has 0 radical (unpaired) electrons. The van der Waals surface area contributed by atoms with E-state index in [4.69, 9.17) is 4.74 Å². The number of fused-ring (bicyclic) bond motifs is 1. The molecule has 0 spiro atoms. The fraction of sp³-hybridized carbons (Fsp3) is 0.267. The third-order valence-electron chi connectivity index (χ3n) is 2.83. The number of alkyl halides is 3. The monoisotopic (exact) mass is 282 g/mol. The zero-order chi connectivity index (χ0) is 14.9. The Hall–Kier alpha value is -2.04. The van der Waals surface area contributed by atoms with Crippen molar-refractivity contribution < 1.29 is 22.7 Å². The van der Waals surface area contributed by atoms with Crippen LogP contribution in [0.4, 0.5) is 13.2 Å². The predicted octanol–water partition coefficient (Wildman–Crippen LogP) is 4.42. The summed E-state index contributed by atoms with van der Waals surface area (Å²) in [4.78, 5) is 11.5. The second kappa shape index (κ2) is 5.15. The summed E-state index contributed by atoms with van der Waals surface area (Å²) in [6.45, 7) is 3.37. The van der Waals surface area contributed by atoms with Crippen molar-refractivity contribution in [2.24, 2.45) is 5.92 Å². The molecule has 2 aromatic carbocycles. The molecule has 106 valence electrons.